The molecule has 32 heavy (non-hydrogen) atoms. The van der Waals surface area contributed by atoms with E-state index in [2.05, 4.69) is 17.0 Å². The van der Waals surface area contributed by atoms with Crippen LogP contribution < -0.4 is 14.4 Å². The number of hydrogen-bond donors (Lipinski definition) is 0. The van der Waals surface area contributed by atoms with Gasteiger partial charge in [0.1, 0.15) is 16.5 Å². The minimum atomic E-state index is 0.155. The summed E-state index contributed by atoms with van der Waals surface area (Å²) in [5, 5.41) is 1.96. The fraction of sp³-hybridized carbons (Fsp3) is 0.360. The first-order valence-electron chi connectivity index (χ1n) is 10.9. The van der Waals surface area contributed by atoms with E-state index in [1.54, 1.807) is 7.11 Å². The Morgan fingerprint density at radius 3 is 2.62 bits per heavy atom. The number of piperazine rings is 1. The number of carbonyl (C=O) groups is 1. The van der Waals surface area contributed by atoms with Crippen molar-refractivity contribution < 1.29 is 14.3 Å². The van der Waals surface area contributed by atoms with Crippen LogP contribution in [0.4, 0.5) is 5.69 Å². The maximum absolute atomic E-state index is 12.8. The summed E-state index contributed by atoms with van der Waals surface area (Å²) in [4.78, 5) is 21.9. The molecule has 6 nitrogen and oxygen atoms in total. The smallest absolute Gasteiger partial charge is 0.233 e. The SMILES string of the molecule is CCOc1ccc2nc(SCC(=O)N3CCN(c4ccccc4OC)CC3)c(C)cc2c1. The molecule has 1 saturated heterocycles. The summed E-state index contributed by atoms with van der Waals surface area (Å²) in [6.07, 6.45) is 0. The average Bonchev–Trinajstić information content (AvgIpc) is 2.83. The zero-order valence-electron chi connectivity index (χ0n) is 18.8. The third-order valence-electron chi connectivity index (χ3n) is 5.63. The maximum Gasteiger partial charge on any atom is 0.233 e. The molecule has 1 aliphatic heterocycles. The van der Waals surface area contributed by atoms with E-state index in [0.29, 0.717) is 25.4 Å². The second-order valence-corrected chi connectivity index (χ2v) is 8.69. The van der Waals surface area contributed by atoms with E-state index in [1.165, 1.54) is 11.8 Å². The van der Waals surface area contributed by atoms with Gasteiger partial charge in [-0.05, 0) is 55.8 Å². The monoisotopic (exact) mass is 451 g/mol. The number of amides is 1. The van der Waals surface area contributed by atoms with Crippen LogP contribution in [0.15, 0.2) is 53.6 Å². The van der Waals surface area contributed by atoms with Gasteiger partial charge in [-0.2, -0.15) is 0 Å². The summed E-state index contributed by atoms with van der Waals surface area (Å²) in [7, 11) is 1.69. The highest BCUT2D eigenvalue weighted by Crippen LogP contribution is 2.29. The van der Waals surface area contributed by atoms with Crippen molar-refractivity contribution in [2.75, 3.05) is 50.5 Å². The molecule has 168 valence electrons. The highest BCUT2D eigenvalue weighted by molar-refractivity contribution is 7.99. The normalized spacial score (nSPS) is 14.0. The minimum Gasteiger partial charge on any atom is -0.495 e. The zero-order valence-corrected chi connectivity index (χ0v) is 19.7. The molecule has 0 aliphatic carbocycles. The molecule has 0 N–H and O–H groups in total. The highest BCUT2D eigenvalue weighted by atomic mass is 32.2. The van der Waals surface area contributed by atoms with E-state index in [-0.39, 0.29) is 5.91 Å². The summed E-state index contributed by atoms with van der Waals surface area (Å²) >= 11 is 1.51. The van der Waals surface area contributed by atoms with Gasteiger partial charge in [-0.15, -0.1) is 0 Å². The molecular weight excluding hydrogens is 422 g/mol. The van der Waals surface area contributed by atoms with Crippen LogP contribution in [0.3, 0.4) is 0 Å². The molecule has 0 saturated carbocycles. The fourth-order valence-electron chi connectivity index (χ4n) is 3.95. The van der Waals surface area contributed by atoms with Crippen molar-refractivity contribution in [2.45, 2.75) is 18.9 Å². The highest BCUT2D eigenvalue weighted by Gasteiger charge is 2.23. The van der Waals surface area contributed by atoms with Crippen LogP contribution in [0.1, 0.15) is 12.5 Å². The molecule has 0 spiro atoms. The molecule has 4 rings (SSSR count). The molecule has 0 atom stereocenters. The van der Waals surface area contributed by atoms with E-state index < -0.39 is 0 Å². The Balaban J connectivity index is 1.35. The van der Waals surface area contributed by atoms with Crippen molar-refractivity contribution in [3.63, 3.8) is 0 Å². The lowest BCUT2D eigenvalue weighted by Crippen LogP contribution is -2.49. The van der Waals surface area contributed by atoms with Crippen LogP contribution in [0.2, 0.25) is 0 Å². The number of fused-ring (bicyclic) bond motifs is 1. The molecule has 1 fully saturated rings. The number of pyridine rings is 1. The number of methoxy groups -OCH3 is 1. The number of para-hydroxylation sites is 2. The van der Waals surface area contributed by atoms with Gasteiger partial charge in [0.05, 0.1) is 30.7 Å². The van der Waals surface area contributed by atoms with Gasteiger partial charge in [-0.1, -0.05) is 23.9 Å². The van der Waals surface area contributed by atoms with Gasteiger partial charge in [0.15, 0.2) is 0 Å². The lowest BCUT2D eigenvalue weighted by Gasteiger charge is -2.36. The van der Waals surface area contributed by atoms with E-state index in [0.717, 1.165) is 51.8 Å². The predicted octanol–water partition coefficient (Wildman–Crippen LogP) is 4.39. The second-order valence-electron chi connectivity index (χ2n) is 7.73. The number of aromatic nitrogens is 1. The number of benzene rings is 2. The number of rotatable bonds is 7. The van der Waals surface area contributed by atoms with Crippen LogP contribution in [0.25, 0.3) is 10.9 Å². The van der Waals surface area contributed by atoms with Gasteiger partial charge >= 0.3 is 0 Å². The van der Waals surface area contributed by atoms with Gasteiger partial charge < -0.3 is 19.3 Å². The second kappa shape index (κ2) is 10.1. The first-order chi connectivity index (χ1) is 15.6. The van der Waals surface area contributed by atoms with Crippen molar-refractivity contribution >= 4 is 34.3 Å². The van der Waals surface area contributed by atoms with Gasteiger partial charge in [-0.25, -0.2) is 4.98 Å². The van der Waals surface area contributed by atoms with E-state index >= 15 is 0 Å². The first kappa shape index (κ1) is 22.3. The largest absolute Gasteiger partial charge is 0.495 e. The van der Waals surface area contributed by atoms with Crippen molar-refractivity contribution in [2.24, 2.45) is 0 Å². The number of thioether (sulfide) groups is 1. The van der Waals surface area contributed by atoms with Crippen LogP contribution >= 0.6 is 11.8 Å². The lowest BCUT2D eigenvalue weighted by atomic mass is 10.1. The van der Waals surface area contributed by atoms with E-state index in [1.807, 2.05) is 55.1 Å². The molecule has 3 aromatic rings. The molecular formula is C25H29N3O3S. The summed E-state index contributed by atoms with van der Waals surface area (Å²) in [6, 6.07) is 16.1. The van der Waals surface area contributed by atoms with Crippen LogP contribution in [-0.2, 0) is 4.79 Å². The minimum absolute atomic E-state index is 0.155. The zero-order chi connectivity index (χ0) is 22.5. The van der Waals surface area contributed by atoms with Gasteiger partial charge in [0, 0.05) is 31.6 Å². The number of ether oxygens (including phenoxy) is 2. The number of anilines is 1. The summed E-state index contributed by atoms with van der Waals surface area (Å²) in [5.74, 6) is 2.27. The van der Waals surface area contributed by atoms with Gasteiger partial charge in [0.2, 0.25) is 5.91 Å². The molecule has 1 aromatic heterocycles. The van der Waals surface area contributed by atoms with Crippen LogP contribution in [0.5, 0.6) is 11.5 Å². The van der Waals surface area contributed by atoms with Crippen molar-refractivity contribution in [1.82, 2.24) is 9.88 Å². The van der Waals surface area contributed by atoms with Crippen molar-refractivity contribution in [3.05, 3.63) is 54.1 Å². The molecule has 2 heterocycles. The topological polar surface area (TPSA) is 54.9 Å². The van der Waals surface area contributed by atoms with E-state index in [9.17, 15) is 4.79 Å². The quantitative estimate of drug-likeness (QED) is 0.497. The Kier molecular flexibility index (Phi) is 7.05. The first-order valence-corrected chi connectivity index (χ1v) is 11.9. The molecule has 0 bridgehead atoms. The number of nitrogens with zero attached hydrogens (tertiary/aromatic N) is 3. The van der Waals surface area contributed by atoms with Crippen molar-refractivity contribution in [3.8, 4) is 11.5 Å². The fourth-order valence-corrected chi connectivity index (χ4v) is 4.85. The molecule has 0 radical (unpaired) electrons. The number of hydrogen-bond acceptors (Lipinski definition) is 6. The summed E-state index contributed by atoms with van der Waals surface area (Å²) in [6.45, 7) is 7.67. The number of carbonyl (C=O) groups excluding carboxylic acids is 1. The summed E-state index contributed by atoms with van der Waals surface area (Å²) in [5.41, 5.74) is 3.07. The molecule has 0 unspecified atom stereocenters. The maximum atomic E-state index is 12.8. The predicted molar refractivity (Wildman–Crippen MR) is 130 cm³/mol. The lowest BCUT2D eigenvalue weighted by molar-refractivity contribution is -0.128. The molecule has 1 amide bonds. The average molecular weight is 452 g/mol. The molecule has 2 aromatic carbocycles. The third kappa shape index (κ3) is 4.93. The third-order valence-corrected chi connectivity index (χ3v) is 6.71. The number of aryl methyl sites for hydroxylation is 1. The Labute approximate surface area is 193 Å². The van der Waals surface area contributed by atoms with Gasteiger partial charge in [0.25, 0.3) is 0 Å². The molecule has 1 aliphatic rings. The van der Waals surface area contributed by atoms with Crippen LogP contribution in [-0.4, -0.2) is 61.4 Å². The van der Waals surface area contributed by atoms with Crippen molar-refractivity contribution in [1.29, 1.82) is 0 Å². The standard InChI is InChI=1S/C25H29N3O3S/c1-4-31-20-9-10-21-19(16-20)15-18(2)25(26-21)32-17-24(29)28-13-11-27(12-14-28)22-7-5-6-8-23(22)30-3/h5-10,15-16H,4,11-14,17H2,1-3H3. The Morgan fingerprint density at radius 2 is 1.88 bits per heavy atom. The Bertz CT molecular complexity index is 1100. The van der Waals surface area contributed by atoms with Crippen LogP contribution in [0, 0.1) is 6.92 Å². The molecule has 7 heteroatoms. The Hall–Kier alpha value is -2.93. The van der Waals surface area contributed by atoms with Gasteiger partial charge in [-0.3, -0.25) is 4.79 Å². The Morgan fingerprint density at radius 1 is 1.09 bits per heavy atom. The summed E-state index contributed by atoms with van der Waals surface area (Å²) < 4.78 is 11.1. The van der Waals surface area contributed by atoms with E-state index in [4.69, 9.17) is 14.5 Å².